The van der Waals surface area contributed by atoms with Gasteiger partial charge in [0.05, 0.1) is 4.88 Å². The Morgan fingerprint density at radius 1 is 1.19 bits per heavy atom. The van der Waals surface area contributed by atoms with E-state index in [4.69, 9.17) is 0 Å². The first-order valence-electron chi connectivity index (χ1n) is 5.44. The summed E-state index contributed by atoms with van der Waals surface area (Å²) in [4.78, 5) is 2.47. The van der Waals surface area contributed by atoms with Crippen molar-refractivity contribution in [2.45, 2.75) is 20.3 Å². The van der Waals surface area contributed by atoms with Crippen LogP contribution in [-0.2, 0) is 0 Å². The van der Waals surface area contributed by atoms with Crippen LogP contribution in [0.5, 0.6) is 0 Å². The Kier molecular flexibility index (Phi) is 3.51. The van der Waals surface area contributed by atoms with E-state index in [1.54, 1.807) is 11.3 Å². The van der Waals surface area contributed by atoms with Crippen molar-refractivity contribution in [2.24, 2.45) is 0 Å². The van der Waals surface area contributed by atoms with Crippen LogP contribution in [0.25, 0.3) is 10.6 Å². The molecule has 0 bridgehead atoms. The third kappa shape index (κ3) is 2.58. The van der Waals surface area contributed by atoms with Crippen molar-refractivity contribution < 1.29 is 0 Å². The standard InChI is InChI=1S/C12H15N3S/c1-3-8-13-12-7-5-10(14-15-12)11-6-4-9(2)16-11/h4-7H,3,8H2,1-2H3,(H,13,15). The first kappa shape index (κ1) is 11.1. The van der Waals surface area contributed by atoms with E-state index in [9.17, 15) is 0 Å². The van der Waals surface area contributed by atoms with Gasteiger partial charge in [-0.05, 0) is 37.6 Å². The zero-order valence-electron chi connectivity index (χ0n) is 9.53. The zero-order chi connectivity index (χ0) is 11.4. The van der Waals surface area contributed by atoms with Gasteiger partial charge in [0.15, 0.2) is 0 Å². The Bertz CT molecular complexity index is 448. The average molecular weight is 233 g/mol. The van der Waals surface area contributed by atoms with E-state index in [-0.39, 0.29) is 0 Å². The van der Waals surface area contributed by atoms with Gasteiger partial charge in [-0.3, -0.25) is 0 Å². The summed E-state index contributed by atoms with van der Waals surface area (Å²) in [5.74, 6) is 0.846. The first-order valence-corrected chi connectivity index (χ1v) is 6.25. The number of rotatable bonds is 4. The second-order valence-corrected chi connectivity index (χ2v) is 4.93. The molecule has 0 unspecified atom stereocenters. The third-order valence-corrected chi connectivity index (χ3v) is 3.24. The number of anilines is 1. The predicted molar refractivity (Wildman–Crippen MR) is 68.9 cm³/mol. The molecule has 0 aliphatic rings. The molecule has 3 nitrogen and oxygen atoms in total. The highest BCUT2D eigenvalue weighted by atomic mass is 32.1. The first-order chi connectivity index (χ1) is 7.79. The van der Waals surface area contributed by atoms with Crippen molar-refractivity contribution in [3.8, 4) is 10.6 Å². The summed E-state index contributed by atoms with van der Waals surface area (Å²) in [5, 5.41) is 11.6. The highest BCUT2D eigenvalue weighted by Crippen LogP contribution is 2.25. The van der Waals surface area contributed by atoms with E-state index in [2.05, 4.69) is 41.5 Å². The van der Waals surface area contributed by atoms with Crippen LogP contribution >= 0.6 is 11.3 Å². The lowest BCUT2D eigenvalue weighted by Gasteiger charge is -2.02. The van der Waals surface area contributed by atoms with Gasteiger partial charge in [-0.1, -0.05) is 6.92 Å². The van der Waals surface area contributed by atoms with E-state index < -0.39 is 0 Å². The Morgan fingerprint density at radius 2 is 2.06 bits per heavy atom. The van der Waals surface area contributed by atoms with Gasteiger partial charge < -0.3 is 5.32 Å². The molecule has 0 radical (unpaired) electrons. The summed E-state index contributed by atoms with van der Waals surface area (Å²) in [6.45, 7) is 5.16. The Morgan fingerprint density at radius 3 is 2.62 bits per heavy atom. The monoisotopic (exact) mass is 233 g/mol. The van der Waals surface area contributed by atoms with Crippen LogP contribution < -0.4 is 5.32 Å². The fourth-order valence-corrected chi connectivity index (χ4v) is 2.22. The highest BCUT2D eigenvalue weighted by Gasteiger charge is 2.02. The van der Waals surface area contributed by atoms with Crippen LogP contribution in [0.2, 0.25) is 0 Å². The van der Waals surface area contributed by atoms with Gasteiger partial charge in [0.1, 0.15) is 11.5 Å². The molecule has 0 amide bonds. The molecular weight excluding hydrogens is 218 g/mol. The molecule has 0 atom stereocenters. The lowest BCUT2D eigenvalue weighted by molar-refractivity contribution is 0.946. The number of hydrogen-bond donors (Lipinski definition) is 1. The van der Waals surface area contributed by atoms with Crippen LogP contribution in [0, 0.1) is 6.92 Å². The average Bonchev–Trinajstić information content (AvgIpc) is 2.74. The summed E-state index contributed by atoms with van der Waals surface area (Å²) in [6, 6.07) is 8.18. The van der Waals surface area contributed by atoms with Gasteiger partial charge in [-0.25, -0.2) is 0 Å². The van der Waals surface area contributed by atoms with Gasteiger partial charge >= 0.3 is 0 Å². The normalized spacial score (nSPS) is 10.4. The molecule has 0 saturated carbocycles. The molecular formula is C12H15N3S. The summed E-state index contributed by atoms with van der Waals surface area (Å²) < 4.78 is 0. The minimum absolute atomic E-state index is 0.846. The molecule has 16 heavy (non-hydrogen) atoms. The van der Waals surface area contributed by atoms with E-state index in [1.807, 2.05) is 12.1 Å². The van der Waals surface area contributed by atoms with E-state index >= 15 is 0 Å². The minimum Gasteiger partial charge on any atom is -0.369 e. The SMILES string of the molecule is CCCNc1ccc(-c2ccc(C)s2)nn1. The topological polar surface area (TPSA) is 37.8 Å². The van der Waals surface area contributed by atoms with Crippen molar-refractivity contribution >= 4 is 17.2 Å². The second-order valence-electron chi connectivity index (χ2n) is 3.64. The van der Waals surface area contributed by atoms with Crippen LogP contribution in [0.1, 0.15) is 18.2 Å². The smallest absolute Gasteiger partial charge is 0.148 e. The molecule has 2 aromatic heterocycles. The number of nitrogens with one attached hydrogen (secondary N) is 1. The summed E-state index contributed by atoms with van der Waals surface area (Å²) >= 11 is 1.74. The largest absolute Gasteiger partial charge is 0.369 e. The van der Waals surface area contributed by atoms with Crippen molar-refractivity contribution in [1.29, 1.82) is 0 Å². The molecule has 0 aliphatic heterocycles. The summed E-state index contributed by atoms with van der Waals surface area (Å²) in [5.41, 5.74) is 0.945. The highest BCUT2D eigenvalue weighted by molar-refractivity contribution is 7.15. The molecule has 0 aromatic carbocycles. The zero-order valence-corrected chi connectivity index (χ0v) is 10.3. The van der Waals surface area contributed by atoms with Crippen LogP contribution in [-0.4, -0.2) is 16.7 Å². The number of thiophene rings is 1. The summed E-state index contributed by atoms with van der Waals surface area (Å²) in [6.07, 6.45) is 1.09. The van der Waals surface area contributed by atoms with Gasteiger partial charge in [-0.2, -0.15) is 0 Å². The molecule has 2 heterocycles. The molecule has 1 N–H and O–H groups in total. The van der Waals surface area contributed by atoms with Gasteiger partial charge in [-0.15, -0.1) is 21.5 Å². The maximum atomic E-state index is 4.21. The summed E-state index contributed by atoms with van der Waals surface area (Å²) in [7, 11) is 0. The molecule has 4 heteroatoms. The Labute approximate surface area is 99.5 Å². The fourth-order valence-electron chi connectivity index (χ4n) is 1.38. The molecule has 0 fully saturated rings. The van der Waals surface area contributed by atoms with Crippen LogP contribution in [0.4, 0.5) is 5.82 Å². The molecule has 0 spiro atoms. The van der Waals surface area contributed by atoms with Crippen LogP contribution in [0.15, 0.2) is 24.3 Å². The van der Waals surface area contributed by atoms with Crippen molar-refractivity contribution in [3.05, 3.63) is 29.1 Å². The van der Waals surface area contributed by atoms with E-state index in [0.717, 1.165) is 24.5 Å². The van der Waals surface area contributed by atoms with Gasteiger partial charge in [0.25, 0.3) is 0 Å². The lowest BCUT2D eigenvalue weighted by Crippen LogP contribution is -2.02. The Balaban J connectivity index is 2.13. The number of aromatic nitrogens is 2. The fraction of sp³-hybridized carbons (Fsp3) is 0.333. The number of hydrogen-bond acceptors (Lipinski definition) is 4. The van der Waals surface area contributed by atoms with Crippen LogP contribution in [0.3, 0.4) is 0 Å². The Hall–Kier alpha value is -1.42. The van der Waals surface area contributed by atoms with E-state index in [0.29, 0.717) is 0 Å². The number of nitrogens with zero attached hydrogens (tertiary/aromatic N) is 2. The van der Waals surface area contributed by atoms with Gasteiger partial charge in [0, 0.05) is 11.4 Å². The van der Waals surface area contributed by atoms with Crippen molar-refractivity contribution in [1.82, 2.24) is 10.2 Å². The maximum absolute atomic E-state index is 4.21. The van der Waals surface area contributed by atoms with Gasteiger partial charge in [0.2, 0.25) is 0 Å². The maximum Gasteiger partial charge on any atom is 0.148 e. The molecule has 0 aliphatic carbocycles. The third-order valence-electron chi connectivity index (χ3n) is 2.21. The molecule has 2 aromatic rings. The van der Waals surface area contributed by atoms with Crippen molar-refractivity contribution in [3.63, 3.8) is 0 Å². The number of aryl methyl sites for hydroxylation is 1. The predicted octanol–water partition coefficient (Wildman–Crippen LogP) is 3.34. The van der Waals surface area contributed by atoms with E-state index in [1.165, 1.54) is 9.75 Å². The van der Waals surface area contributed by atoms with Crippen molar-refractivity contribution in [2.75, 3.05) is 11.9 Å². The minimum atomic E-state index is 0.846. The molecule has 2 rings (SSSR count). The molecule has 84 valence electrons. The molecule has 0 saturated heterocycles. The lowest BCUT2D eigenvalue weighted by atomic mass is 10.3. The second kappa shape index (κ2) is 5.07. The quantitative estimate of drug-likeness (QED) is 0.880.